The number of rotatable bonds is 5. The topological polar surface area (TPSA) is 51.0 Å². The van der Waals surface area contributed by atoms with Crippen LogP contribution >= 0.6 is 11.3 Å². The predicted molar refractivity (Wildman–Crippen MR) is 109 cm³/mol. The highest BCUT2D eigenvalue weighted by Gasteiger charge is 2.25. The Morgan fingerprint density at radius 1 is 1.17 bits per heavy atom. The number of aromatic nitrogens is 3. The summed E-state index contributed by atoms with van der Waals surface area (Å²) in [6, 6.07) is 13.2. The fourth-order valence-corrected chi connectivity index (χ4v) is 3.93. The van der Waals surface area contributed by atoms with Crippen LogP contribution < -0.4 is 4.90 Å². The minimum absolute atomic E-state index is 0.0463. The van der Waals surface area contributed by atoms with Gasteiger partial charge in [0.25, 0.3) is 5.91 Å². The molecule has 0 unspecified atom stereocenters. The van der Waals surface area contributed by atoms with Crippen molar-refractivity contribution < 1.29 is 13.6 Å². The van der Waals surface area contributed by atoms with E-state index in [1.165, 1.54) is 11.0 Å². The van der Waals surface area contributed by atoms with Gasteiger partial charge in [-0.25, -0.2) is 13.8 Å². The van der Waals surface area contributed by atoms with Gasteiger partial charge in [-0.2, -0.15) is 5.10 Å². The molecule has 0 aliphatic heterocycles. The lowest BCUT2D eigenvalue weighted by Crippen LogP contribution is -2.30. The minimum atomic E-state index is -0.751. The van der Waals surface area contributed by atoms with Crippen LogP contribution in [0.1, 0.15) is 35.9 Å². The second kappa shape index (κ2) is 7.71. The number of carbonyl (C=O) groups excluding carboxylic acids is 1. The standard InChI is InChI=1S/C21H18F2N4OS/c1-13(2)27-9-8-17(25-27)20(28)26(12-14-6-4-3-5-7-14)21-24-19-16(23)10-15(22)11-18(19)29-21/h3-11,13H,12H2,1-2H3. The number of carbonyl (C=O) groups is 1. The van der Waals surface area contributed by atoms with Crippen LogP contribution in [0.15, 0.2) is 54.7 Å². The van der Waals surface area contributed by atoms with Crippen molar-refractivity contribution in [3.63, 3.8) is 0 Å². The third-order valence-electron chi connectivity index (χ3n) is 4.42. The van der Waals surface area contributed by atoms with E-state index in [1.54, 1.807) is 16.9 Å². The maximum Gasteiger partial charge on any atom is 0.280 e. The van der Waals surface area contributed by atoms with Gasteiger partial charge in [0, 0.05) is 18.3 Å². The van der Waals surface area contributed by atoms with E-state index in [4.69, 9.17) is 0 Å². The molecule has 0 saturated heterocycles. The summed E-state index contributed by atoms with van der Waals surface area (Å²) in [6.07, 6.45) is 1.74. The molecule has 0 radical (unpaired) electrons. The smallest absolute Gasteiger partial charge is 0.278 e. The third-order valence-corrected chi connectivity index (χ3v) is 5.44. The average molecular weight is 412 g/mol. The first-order valence-electron chi connectivity index (χ1n) is 9.09. The quantitative estimate of drug-likeness (QED) is 0.453. The van der Waals surface area contributed by atoms with E-state index in [0.717, 1.165) is 23.0 Å². The van der Waals surface area contributed by atoms with Crippen LogP contribution in [0.25, 0.3) is 10.2 Å². The molecule has 4 aromatic rings. The molecule has 8 heteroatoms. The van der Waals surface area contributed by atoms with Crippen molar-refractivity contribution in [3.8, 4) is 0 Å². The summed E-state index contributed by atoms with van der Waals surface area (Å²) in [4.78, 5) is 19.0. The number of anilines is 1. The van der Waals surface area contributed by atoms with Gasteiger partial charge in [0.05, 0.1) is 11.2 Å². The molecule has 0 atom stereocenters. The van der Waals surface area contributed by atoms with Gasteiger partial charge in [0.1, 0.15) is 11.3 Å². The largest absolute Gasteiger partial charge is 0.280 e. The Morgan fingerprint density at radius 2 is 1.93 bits per heavy atom. The Bertz CT molecular complexity index is 1170. The zero-order valence-corrected chi connectivity index (χ0v) is 16.7. The van der Waals surface area contributed by atoms with Crippen molar-refractivity contribution in [2.45, 2.75) is 26.4 Å². The zero-order valence-electron chi connectivity index (χ0n) is 15.8. The van der Waals surface area contributed by atoms with Crippen LogP contribution in [-0.2, 0) is 6.54 Å². The van der Waals surface area contributed by atoms with E-state index in [2.05, 4.69) is 10.1 Å². The lowest BCUT2D eigenvalue weighted by Gasteiger charge is -2.19. The summed E-state index contributed by atoms with van der Waals surface area (Å²) in [5.74, 6) is -1.78. The number of nitrogens with zero attached hydrogens (tertiary/aromatic N) is 4. The van der Waals surface area contributed by atoms with Gasteiger partial charge in [-0.05, 0) is 31.5 Å². The van der Waals surface area contributed by atoms with E-state index < -0.39 is 11.6 Å². The number of benzene rings is 2. The van der Waals surface area contributed by atoms with Crippen LogP contribution in [0.3, 0.4) is 0 Å². The molecular formula is C21H18F2N4OS. The molecule has 0 fully saturated rings. The second-order valence-corrected chi connectivity index (χ2v) is 7.89. The SMILES string of the molecule is CC(C)n1ccc(C(=O)N(Cc2ccccc2)c2nc3c(F)cc(F)cc3s2)n1. The second-order valence-electron chi connectivity index (χ2n) is 6.88. The van der Waals surface area contributed by atoms with E-state index in [-0.39, 0.29) is 34.8 Å². The molecule has 0 N–H and O–H groups in total. The summed E-state index contributed by atoms with van der Waals surface area (Å²) in [7, 11) is 0. The molecule has 29 heavy (non-hydrogen) atoms. The molecule has 0 aliphatic carbocycles. The van der Waals surface area contributed by atoms with Crippen molar-refractivity contribution in [3.05, 3.63) is 77.6 Å². The molecule has 2 aromatic carbocycles. The normalized spacial score (nSPS) is 11.3. The third kappa shape index (κ3) is 3.88. The highest BCUT2D eigenvalue weighted by molar-refractivity contribution is 7.22. The fourth-order valence-electron chi connectivity index (χ4n) is 2.93. The van der Waals surface area contributed by atoms with Gasteiger partial charge in [-0.3, -0.25) is 14.4 Å². The number of halogens is 2. The molecule has 0 aliphatic rings. The van der Waals surface area contributed by atoms with Gasteiger partial charge in [-0.15, -0.1) is 0 Å². The molecule has 0 bridgehead atoms. The molecular weight excluding hydrogens is 394 g/mol. The molecule has 4 rings (SSSR count). The average Bonchev–Trinajstić information content (AvgIpc) is 3.34. The summed E-state index contributed by atoms with van der Waals surface area (Å²) < 4.78 is 29.8. The Labute approximate surface area is 170 Å². The van der Waals surface area contributed by atoms with Gasteiger partial charge < -0.3 is 0 Å². The van der Waals surface area contributed by atoms with E-state index in [0.29, 0.717) is 4.70 Å². The highest BCUT2D eigenvalue weighted by atomic mass is 32.1. The molecule has 148 valence electrons. The van der Waals surface area contributed by atoms with Crippen LogP contribution in [-0.4, -0.2) is 20.7 Å². The summed E-state index contributed by atoms with van der Waals surface area (Å²) in [5.41, 5.74) is 1.19. The van der Waals surface area contributed by atoms with Crippen molar-refractivity contribution in [1.82, 2.24) is 14.8 Å². The van der Waals surface area contributed by atoms with Crippen LogP contribution in [0.5, 0.6) is 0 Å². The Hall–Kier alpha value is -3.13. The molecule has 0 saturated carbocycles. The van der Waals surface area contributed by atoms with Gasteiger partial charge in [0.15, 0.2) is 16.6 Å². The predicted octanol–water partition coefficient (Wildman–Crippen LogP) is 5.20. The van der Waals surface area contributed by atoms with Gasteiger partial charge in [-0.1, -0.05) is 41.7 Å². The maximum atomic E-state index is 14.2. The summed E-state index contributed by atoms with van der Waals surface area (Å²) >= 11 is 1.07. The van der Waals surface area contributed by atoms with E-state index in [9.17, 15) is 13.6 Å². The number of amides is 1. The monoisotopic (exact) mass is 412 g/mol. The van der Waals surface area contributed by atoms with Crippen LogP contribution in [0.2, 0.25) is 0 Å². The number of fused-ring (bicyclic) bond motifs is 1. The van der Waals surface area contributed by atoms with Crippen LogP contribution in [0, 0.1) is 11.6 Å². The highest BCUT2D eigenvalue weighted by Crippen LogP contribution is 2.32. The van der Waals surface area contributed by atoms with Crippen molar-refractivity contribution in [2.75, 3.05) is 4.90 Å². The fraction of sp³-hybridized carbons (Fsp3) is 0.190. The number of thiazole rings is 1. The lowest BCUT2D eigenvalue weighted by molar-refractivity contribution is 0.0979. The first kappa shape index (κ1) is 19.2. The minimum Gasteiger partial charge on any atom is -0.278 e. The molecule has 5 nitrogen and oxygen atoms in total. The first-order chi connectivity index (χ1) is 13.9. The van der Waals surface area contributed by atoms with Crippen molar-refractivity contribution in [1.29, 1.82) is 0 Å². The molecule has 1 amide bonds. The Kier molecular flexibility index (Phi) is 5.10. The summed E-state index contributed by atoms with van der Waals surface area (Å²) in [6.45, 7) is 4.17. The van der Waals surface area contributed by atoms with Crippen LogP contribution in [0.4, 0.5) is 13.9 Å². The Balaban J connectivity index is 1.77. The van der Waals surface area contributed by atoms with Crippen molar-refractivity contribution in [2.24, 2.45) is 0 Å². The first-order valence-corrected chi connectivity index (χ1v) is 9.90. The summed E-state index contributed by atoms with van der Waals surface area (Å²) in [5, 5.41) is 4.64. The van der Waals surface area contributed by atoms with Gasteiger partial charge in [0.2, 0.25) is 0 Å². The van der Waals surface area contributed by atoms with Gasteiger partial charge >= 0.3 is 0 Å². The van der Waals surface area contributed by atoms with E-state index >= 15 is 0 Å². The molecule has 2 heterocycles. The molecule has 0 spiro atoms. The molecule has 2 aromatic heterocycles. The number of hydrogen-bond donors (Lipinski definition) is 0. The van der Waals surface area contributed by atoms with Crippen molar-refractivity contribution >= 4 is 32.6 Å². The maximum absolute atomic E-state index is 14.2. The number of hydrogen-bond acceptors (Lipinski definition) is 4. The zero-order chi connectivity index (χ0) is 20.5. The Morgan fingerprint density at radius 3 is 2.62 bits per heavy atom. The van der Waals surface area contributed by atoms with E-state index in [1.807, 2.05) is 44.2 Å². The lowest BCUT2D eigenvalue weighted by atomic mass is 10.2.